The highest BCUT2D eigenvalue weighted by molar-refractivity contribution is 5.95. The van der Waals surface area contributed by atoms with Crippen molar-refractivity contribution in [2.24, 2.45) is 0 Å². The Morgan fingerprint density at radius 3 is 2.76 bits per heavy atom. The zero-order chi connectivity index (χ0) is 20.5. The predicted octanol–water partition coefficient (Wildman–Crippen LogP) is 3.64. The van der Waals surface area contributed by atoms with Gasteiger partial charge in [0.25, 0.3) is 5.91 Å². The first-order valence-corrected chi connectivity index (χ1v) is 10.4. The van der Waals surface area contributed by atoms with E-state index in [1.807, 2.05) is 29.7 Å². The lowest BCUT2D eigenvalue weighted by Crippen LogP contribution is -2.32. The number of imidazole rings is 1. The lowest BCUT2D eigenvalue weighted by atomic mass is 10.1. The van der Waals surface area contributed by atoms with E-state index >= 15 is 0 Å². The molecule has 1 aliphatic rings. The Morgan fingerprint density at radius 2 is 2.07 bits per heavy atom. The van der Waals surface area contributed by atoms with Gasteiger partial charge in [-0.25, -0.2) is 15.0 Å². The number of carbonyl (C=O) groups excluding carboxylic acids is 1. The average Bonchev–Trinajstić information content (AvgIpc) is 3.41. The van der Waals surface area contributed by atoms with Crippen molar-refractivity contribution >= 4 is 22.9 Å². The SMILES string of the molecule is CCCN(c1ncnc2c1ncn2-c1cc(C(=O)NC2CC2)ccc1C)C(C)C. The summed E-state index contributed by atoms with van der Waals surface area (Å²) in [5.74, 6) is 0.827. The molecule has 7 heteroatoms. The third kappa shape index (κ3) is 3.81. The van der Waals surface area contributed by atoms with Crippen LogP contribution < -0.4 is 10.2 Å². The molecule has 29 heavy (non-hydrogen) atoms. The van der Waals surface area contributed by atoms with Crippen LogP contribution in [-0.2, 0) is 0 Å². The first-order valence-electron chi connectivity index (χ1n) is 10.4. The maximum Gasteiger partial charge on any atom is 0.251 e. The number of nitrogens with one attached hydrogen (secondary N) is 1. The second-order valence-corrected chi connectivity index (χ2v) is 8.02. The maximum atomic E-state index is 12.5. The van der Waals surface area contributed by atoms with Crippen molar-refractivity contribution in [3.63, 3.8) is 0 Å². The summed E-state index contributed by atoms with van der Waals surface area (Å²) in [5, 5.41) is 3.05. The number of aromatic nitrogens is 4. The Morgan fingerprint density at radius 1 is 1.28 bits per heavy atom. The van der Waals surface area contributed by atoms with E-state index in [1.165, 1.54) is 0 Å². The van der Waals surface area contributed by atoms with Crippen molar-refractivity contribution in [3.8, 4) is 5.69 Å². The van der Waals surface area contributed by atoms with E-state index in [1.54, 1.807) is 12.7 Å². The molecule has 1 saturated carbocycles. The van der Waals surface area contributed by atoms with E-state index in [2.05, 4.69) is 45.9 Å². The molecule has 1 fully saturated rings. The molecule has 1 aromatic carbocycles. The zero-order valence-electron chi connectivity index (χ0n) is 17.5. The summed E-state index contributed by atoms with van der Waals surface area (Å²) in [5.41, 5.74) is 4.15. The third-order valence-corrected chi connectivity index (χ3v) is 5.32. The van der Waals surface area contributed by atoms with Crippen LogP contribution >= 0.6 is 0 Å². The van der Waals surface area contributed by atoms with E-state index in [0.717, 1.165) is 54.0 Å². The van der Waals surface area contributed by atoms with Crippen LogP contribution in [0.3, 0.4) is 0 Å². The Balaban J connectivity index is 1.77. The van der Waals surface area contributed by atoms with Gasteiger partial charge in [0.05, 0.1) is 5.69 Å². The molecule has 0 spiro atoms. The molecule has 1 amide bonds. The van der Waals surface area contributed by atoms with Crippen molar-refractivity contribution in [1.29, 1.82) is 0 Å². The zero-order valence-corrected chi connectivity index (χ0v) is 17.5. The van der Waals surface area contributed by atoms with Gasteiger partial charge in [-0.1, -0.05) is 13.0 Å². The summed E-state index contributed by atoms with van der Waals surface area (Å²) in [7, 11) is 0. The monoisotopic (exact) mass is 392 g/mol. The highest BCUT2D eigenvalue weighted by atomic mass is 16.1. The Labute approximate surface area is 171 Å². The van der Waals surface area contributed by atoms with Crippen molar-refractivity contribution in [2.75, 3.05) is 11.4 Å². The number of rotatable bonds is 7. The van der Waals surface area contributed by atoms with Crippen LogP contribution in [-0.4, -0.2) is 44.1 Å². The molecule has 2 heterocycles. The molecule has 0 atom stereocenters. The minimum Gasteiger partial charge on any atom is -0.352 e. The van der Waals surface area contributed by atoms with Crippen LogP contribution in [0.15, 0.2) is 30.9 Å². The van der Waals surface area contributed by atoms with Crippen LogP contribution in [0.1, 0.15) is 56.0 Å². The summed E-state index contributed by atoms with van der Waals surface area (Å²) in [6, 6.07) is 6.41. The van der Waals surface area contributed by atoms with Crippen molar-refractivity contribution in [2.45, 2.75) is 59.0 Å². The summed E-state index contributed by atoms with van der Waals surface area (Å²) in [6.45, 7) is 9.42. The topological polar surface area (TPSA) is 75.9 Å². The van der Waals surface area contributed by atoms with Gasteiger partial charge < -0.3 is 10.2 Å². The average molecular weight is 393 g/mol. The third-order valence-electron chi connectivity index (χ3n) is 5.32. The number of aryl methyl sites for hydroxylation is 1. The van der Waals surface area contributed by atoms with E-state index in [9.17, 15) is 4.79 Å². The number of fused-ring (bicyclic) bond motifs is 1. The molecule has 1 aliphatic carbocycles. The molecule has 2 aromatic heterocycles. The van der Waals surface area contributed by atoms with Crippen LogP contribution in [0.2, 0.25) is 0 Å². The first-order chi connectivity index (χ1) is 14.0. The number of benzene rings is 1. The highest BCUT2D eigenvalue weighted by Gasteiger charge is 2.24. The molecule has 152 valence electrons. The minimum absolute atomic E-state index is 0.0255. The molecule has 0 unspecified atom stereocenters. The van der Waals surface area contributed by atoms with E-state index in [-0.39, 0.29) is 5.91 Å². The van der Waals surface area contributed by atoms with Gasteiger partial charge in [-0.05, 0) is 57.7 Å². The molecule has 0 aliphatic heterocycles. The fraction of sp³-hybridized carbons (Fsp3) is 0.455. The van der Waals surface area contributed by atoms with Gasteiger partial charge in [0, 0.05) is 24.2 Å². The van der Waals surface area contributed by atoms with Crippen LogP contribution in [0.5, 0.6) is 0 Å². The van der Waals surface area contributed by atoms with Crippen LogP contribution in [0, 0.1) is 6.92 Å². The Hall–Kier alpha value is -2.96. The quantitative estimate of drug-likeness (QED) is 0.664. The minimum atomic E-state index is -0.0255. The van der Waals surface area contributed by atoms with Crippen molar-refractivity contribution < 1.29 is 4.79 Å². The predicted molar refractivity (Wildman–Crippen MR) is 115 cm³/mol. The largest absolute Gasteiger partial charge is 0.352 e. The molecule has 7 nitrogen and oxygen atoms in total. The second kappa shape index (κ2) is 7.81. The van der Waals surface area contributed by atoms with Crippen molar-refractivity contribution in [3.05, 3.63) is 42.0 Å². The van der Waals surface area contributed by atoms with Crippen molar-refractivity contribution in [1.82, 2.24) is 24.8 Å². The molecular formula is C22H28N6O. The molecule has 0 bridgehead atoms. The number of amides is 1. The van der Waals surface area contributed by atoms with Gasteiger partial charge in [0.2, 0.25) is 0 Å². The standard InChI is InChI=1S/C22H28N6O/c1-5-10-27(14(2)3)20-19-21(24-12-23-20)28(13-25-19)18-11-16(7-6-15(18)4)22(29)26-17-8-9-17/h6-7,11-14,17H,5,8-10H2,1-4H3,(H,26,29). The fourth-order valence-electron chi connectivity index (χ4n) is 3.57. The van der Waals surface area contributed by atoms with Gasteiger partial charge in [0.15, 0.2) is 17.0 Å². The second-order valence-electron chi connectivity index (χ2n) is 8.02. The van der Waals surface area contributed by atoms with E-state index in [0.29, 0.717) is 17.6 Å². The van der Waals surface area contributed by atoms with E-state index < -0.39 is 0 Å². The summed E-state index contributed by atoms with van der Waals surface area (Å²) >= 11 is 0. The summed E-state index contributed by atoms with van der Waals surface area (Å²) in [4.78, 5) is 28.5. The van der Waals surface area contributed by atoms with E-state index in [4.69, 9.17) is 0 Å². The number of hydrogen-bond acceptors (Lipinski definition) is 5. The molecule has 0 radical (unpaired) electrons. The maximum absolute atomic E-state index is 12.5. The van der Waals surface area contributed by atoms with Gasteiger partial charge in [-0.2, -0.15) is 0 Å². The normalized spacial score (nSPS) is 13.8. The smallest absolute Gasteiger partial charge is 0.251 e. The number of anilines is 1. The van der Waals surface area contributed by atoms with Gasteiger partial charge in [-0.15, -0.1) is 0 Å². The molecule has 4 rings (SSSR count). The molecule has 0 saturated heterocycles. The number of hydrogen-bond donors (Lipinski definition) is 1. The first kappa shape index (κ1) is 19.4. The molecule has 3 aromatic rings. The fourth-order valence-corrected chi connectivity index (χ4v) is 3.57. The Kier molecular flexibility index (Phi) is 5.22. The van der Waals surface area contributed by atoms with Crippen LogP contribution in [0.4, 0.5) is 5.82 Å². The van der Waals surface area contributed by atoms with Gasteiger partial charge in [0.1, 0.15) is 12.7 Å². The number of nitrogens with zero attached hydrogens (tertiary/aromatic N) is 5. The summed E-state index contributed by atoms with van der Waals surface area (Å²) < 4.78 is 1.95. The molecule has 1 N–H and O–H groups in total. The lowest BCUT2D eigenvalue weighted by Gasteiger charge is -2.27. The van der Waals surface area contributed by atoms with Gasteiger partial charge in [-0.3, -0.25) is 9.36 Å². The Bertz CT molecular complexity index is 1040. The summed E-state index contributed by atoms with van der Waals surface area (Å²) in [6.07, 6.45) is 6.54. The highest BCUT2D eigenvalue weighted by Crippen LogP contribution is 2.27. The van der Waals surface area contributed by atoms with Gasteiger partial charge >= 0.3 is 0 Å². The van der Waals surface area contributed by atoms with Crippen LogP contribution in [0.25, 0.3) is 16.9 Å². The lowest BCUT2D eigenvalue weighted by molar-refractivity contribution is 0.0951. The number of carbonyl (C=O) groups is 1. The molecular weight excluding hydrogens is 364 g/mol.